The highest BCUT2D eigenvalue weighted by molar-refractivity contribution is 8.13. The van der Waals surface area contributed by atoms with Crippen LogP contribution >= 0.6 is 11.8 Å². The van der Waals surface area contributed by atoms with E-state index in [9.17, 15) is 13.6 Å². The van der Waals surface area contributed by atoms with Crippen LogP contribution in [0.3, 0.4) is 0 Å². The molecule has 2 aromatic rings. The first kappa shape index (κ1) is 21.6. The van der Waals surface area contributed by atoms with E-state index in [4.69, 9.17) is 10.5 Å². The number of amides is 1. The number of benzene rings is 1. The van der Waals surface area contributed by atoms with Crippen LogP contribution in [0.15, 0.2) is 35.5 Å². The summed E-state index contributed by atoms with van der Waals surface area (Å²) in [6, 6.07) is 4.88. The molecule has 1 saturated heterocycles. The summed E-state index contributed by atoms with van der Waals surface area (Å²) in [5.74, 6) is -2.29. The molecule has 3 atom stereocenters. The molecule has 10 heteroatoms. The number of thioether (sulfide) groups is 1. The third-order valence-electron chi connectivity index (χ3n) is 5.54. The van der Waals surface area contributed by atoms with Gasteiger partial charge in [0.15, 0.2) is 22.3 Å². The number of nitrogens with one attached hydrogen (secondary N) is 1. The number of hydrogen-bond acceptors (Lipinski definition) is 6. The molecule has 6 nitrogen and oxygen atoms in total. The Morgan fingerprint density at radius 2 is 2.10 bits per heavy atom. The van der Waals surface area contributed by atoms with Crippen LogP contribution in [0.25, 0.3) is 0 Å². The van der Waals surface area contributed by atoms with Crippen LogP contribution in [0, 0.1) is 18.6 Å². The minimum atomic E-state index is -1.90. The van der Waals surface area contributed by atoms with E-state index in [0.717, 1.165) is 17.8 Å². The molecule has 0 saturated carbocycles. The Morgan fingerprint density at radius 3 is 2.84 bits per heavy atom. The van der Waals surface area contributed by atoms with Crippen molar-refractivity contribution in [3.63, 3.8) is 0 Å². The first-order valence-electron chi connectivity index (χ1n) is 9.66. The van der Waals surface area contributed by atoms with Gasteiger partial charge in [0.05, 0.1) is 12.7 Å². The molecule has 3 N–H and O–H groups in total. The van der Waals surface area contributed by atoms with E-state index in [1.54, 1.807) is 13.8 Å². The highest BCUT2D eigenvalue weighted by atomic mass is 32.2. The second kappa shape index (κ2) is 7.83. The molecule has 164 valence electrons. The molecule has 0 aliphatic carbocycles. The lowest BCUT2D eigenvalue weighted by Crippen LogP contribution is -2.60. The zero-order valence-corrected chi connectivity index (χ0v) is 17.7. The van der Waals surface area contributed by atoms with E-state index in [0.29, 0.717) is 5.56 Å². The molecule has 0 unspecified atom stereocenters. The molecule has 0 spiro atoms. The summed E-state index contributed by atoms with van der Waals surface area (Å²) >= 11 is 1.07. The molecule has 1 amide bonds. The third-order valence-corrected chi connectivity index (χ3v) is 6.53. The molecular formula is C21H21F3N4O2S. The van der Waals surface area contributed by atoms with Gasteiger partial charge in [0.25, 0.3) is 5.91 Å². The molecule has 0 radical (unpaired) electrons. The number of pyridine rings is 1. The number of aromatic nitrogens is 1. The van der Waals surface area contributed by atoms with Crippen molar-refractivity contribution in [3.8, 4) is 0 Å². The number of amidine groups is 1. The van der Waals surface area contributed by atoms with Gasteiger partial charge in [0, 0.05) is 29.6 Å². The SMILES string of the molecule is Cc1cnc(C(=O)Nc2ccc(F)c([C@]34CO[C@@H](C)C[C@@]3(F)CSC(N)=N4)c2)c(F)c1. The van der Waals surface area contributed by atoms with E-state index in [1.807, 2.05) is 0 Å². The Bertz CT molecular complexity index is 1080. The van der Waals surface area contributed by atoms with Crippen LogP contribution in [0.1, 0.15) is 35.0 Å². The summed E-state index contributed by atoms with van der Waals surface area (Å²) < 4.78 is 50.9. The van der Waals surface area contributed by atoms with Crippen molar-refractivity contribution in [3.05, 3.63) is 58.9 Å². The topological polar surface area (TPSA) is 89.6 Å². The zero-order valence-electron chi connectivity index (χ0n) is 16.9. The van der Waals surface area contributed by atoms with Crippen LogP contribution < -0.4 is 11.1 Å². The van der Waals surface area contributed by atoms with Crippen LogP contribution in [0.4, 0.5) is 18.9 Å². The average Bonchev–Trinajstić information content (AvgIpc) is 2.70. The van der Waals surface area contributed by atoms with E-state index in [1.165, 1.54) is 24.4 Å². The van der Waals surface area contributed by atoms with Crippen molar-refractivity contribution in [2.24, 2.45) is 10.7 Å². The first-order valence-corrected chi connectivity index (χ1v) is 10.6. The highest BCUT2D eigenvalue weighted by Crippen LogP contribution is 2.52. The van der Waals surface area contributed by atoms with Crippen molar-refractivity contribution in [1.29, 1.82) is 0 Å². The van der Waals surface area contributed by atoms with Gasteiger partial charge in [0.2, 0.25) is 0 Å². The summed E-state index contributed by atoms with van der Waals surface area (Å²) in [7, 11) is 0. The van der Waals surface area contributed by atoms with Gasteiger partial charge in [-0.05, 0) is 43.7 Å². The van der Waals surface area contributed by atoms with Gasteiger partial charge in [-0.3, -0.25) is 4.79 Å². The van der Waals surface area contributed by atoms with E-state index >= 15 is 4.39 Å². The summed E-state index contributed by atoms with van der Waals surface area (Å²) in [5, 5.41) is 2.62. The summed E-state index contributed by atoms with van der Waals surface area (Å²) in [6.07, 6.45) is 1.02. The highest BCUT2D eigenvalue weighted by Gasteiger charge is 2.60. The van der Waals surface area contributed by atoms with Crippen LogP contribution in [-0.2, 0) is 10.3 Å². The fourth-order valence-corrected chi connectivity index (χ4v) is 4.94. The smallest absolute Gasteiger partial charge is 0.277 e. The molecule has 4 rings (SSSR count). The van der Waals surface area contributed by atoms with Gasteiger partial charge in [-0.1, -0.05) is 11.8 Å². The maximum Gasteiger partial charge on any atom is 0.277 e. The Kier molecular flexibility index (Phi) is 5.47. The monoisotopic (exact) mass is 450 g/mol. The number of hydrogen-bond donors (Lipinski definition) is 2. The number of nitrogens with two attached hydrogens (primary N) is 1. The summed E-state index contributed by atoms with van der Waals surface area (Å²) in [6.45, 7) is 3.19. The Labute approximate surface area is 181 Å². The predicted octanol–water partition coefficient (Wildman–Crippen LogP) is 3.69. The van der Waals surface area contributed by atoms with Gasteiger partial charge in [0.1, 0.15) is 11.4 Å². The van der Waals surface area contributed by atoms with Crippen LogP contribution in [0.2, 0.25) is 0 Å². The minimum absolute atomic E-state index is 0.00452. The number of nitrogens with zero attached hydrogens (tertiary/aromatic N) is 2. The molecule has 2 aliphatic heterocycles. The summed E-state index contributed by atoms with van der Waals surface area (Å²) in [5.41, 5.74) is 2.52. The first-order chi connectivity index (χ1) is 14.6. The number of anilines is 1. The van der Waals surface area contributed by atoms with Crippen LogP contribution in [0.5, 0.6) is 0 Å². The normalized spacial score (nSPS) is 27.9. The van der Waals surface area contributed by atoms with Crippen molar-refractivity contribution in [1.82, 2.24) is 4.98 Å². The molecular weight excluding hydrogens is 429 g/mol. The quantitative estimate of drug-likeness (QED) is 0.745. The predicted molar refractivity (Wildman–Crippen MR) is 113 cm³/mol. The average molecular weight is 450 g/mol. The van der Waals surface area contributed by atoms with Gasteiger partial charge in [-0.25, -0.2) is 23.1 Å². The number of rotatable bonds is 3. The van der Waals surface area contributed by atoms with E-state index < -0.39 is 34.4 Å². The molecule has 1 aromatic carbocycles. The Hall–Kier alpha value is -2.59. The lowest BCUT2D eigenvalue weighted by atomic mass is 9.72. The number of carbonyl (C=O) groups is 1. The molecule has 2 aliphatic rings. The third kappa shape index (κ3) is 3.78. The van der Waals surface area contributed by atoms with Gasteiger partial charge in [-0.2, -0.15) is 0 Å². The number of ether oxygens (including phenoxy) is 1. The maximum atomic E-state index is 16.1. The van der Waals surface area contributed by atoms with Gasteiger partial charge in [-0.15, -0.1) is 0 Å². The Morgan fingerprint density at radius 1 is 1.32 bits per heavy atom. The molecule has 0 bridgehead atoms. The number of halogens is 3. The standard InChI is InChI=1S/C21H21F3N4O2S/c1-11-5-16(23)17(26-8-11)18(29)27-13-3-4-15(22)14(6-13)21-9-30-12(2)7-20(21,24)10-31-19(25)28-21/h3-6,8,12H,7,9-10H2,1-2H3,(H2,25,28)(H,27,29)/t12-,20+,21+/m0/s1. The lowest BCUT2D eigenvalue weighted by Gasteiger charge is -2.49. The second-order valence-corrected chi connectivity index (χ2v) is 8.88. The molecule has 1 aromatic heterocycles. The van der Waals surface area contributed by atoms with Crippen molar-refractivity contribution >= 4 is 28.5 Å². The zero-order chi connectivity index (χ0) is 22.4. The largest absolute Gasteiger partial charge is 0.379 e. The minimum Gasteiger partial charge on any atom is -0.379 e. The van der Waals surface area contributed by atoms with Gasteiger partial charge < -0.3 is 15.8 Å². The molecule has 31 heavy (non-hydrogen) atoms. The second-order valence-electron chi connectivity index (χ2n) is 7.88. The van der Waals surface area contributed by atoms with Crippen molar-refractivity contribution < 1.29 is 22.7 Å². The van der Waals surface area contributed by atoms with E-state index in [-0.39, 0.29) is 41.3 Å². The molecule has 1 fully saturated rings. The van der Waals surface area contributed by atoms with Crippen LogP contribution in [-0.4, -0.2) is 40.2 Å². The van der Waals surface area contributed by atoms with E-state index in [2.05, 4.69) is 15.3 Å². The number of fused-ring (bicyclic) bond motifs is 1. The van der Waals surface area contributed by atoms with Crippen molar-refractivity contribution in [2.75, 3.05) is 17.7 Å². The number of aliphatic imine (C=N–C) groups is 1. The molecule has 3 heterocycles. The van der Waals surface area contributed by atoms with Crippen molar-refractivity contribution in [2.45, 2.75) is 37.6 Å². The Balaban J connectivity index is 1.73. The summed E-state index contributed by atoms with van der Waals surface area (Å²) in [4.78, 5) is 20.6. The number of aryl methyl sites for hydroxylation is 1. The maximum absolute atomic E-state index is 16.1. The fourth-order valence-electron chi connectivity index (χ4n) is 3.99. The fraction of sp³-hybridized carbons (Fsp3) is 0.381. The van der Waals surface area contributed by atoms with Gasteiger partial charge >= 0.3 is 0 Å². The lowest BCUT2D eigenvalue weighted by molar-refractivity contribution is -0.107. The number of carbonyl (C=O) groups excluding carboxylic acids is 1. The number of alkyl halides is 1.